The van der Waals surface area contributed by atoms with Crippen molar-refractivity contribution < 1.29 is 5.11 Å². The van der Waals surface area contributed by atoms with Crippen LogP contribution in [-0.4, -0.2) is 28.0 Å². The molecule has 0 atom stereocenters. The quantitative estimate of drug-likeness (QED) is 0.759. The number of hydrogen-bond acceptors (Lipinski definition) is 4. The van der Waals surface area contributed by atoms with E-state index >= 15 is 0 Å². The third-order valence-corrected chi connectivity index (χ3v) is 4.68. The van der Waals surface area contributed by atoms with Crippen LogP contribution in [0, 0.1) is 5.41 Å². The maximum atomic E-state index is 12.1. The number of anilines is 1. The van der Waals surface area contributed by atoms with Crippen LogP contribution in [0.3, 0.4) is 0 Å². The van der Waals surface area contributed by atoms with Crippen LogP contribution in [0.4, 0.5) is 5.69 Å². The van der Waals surface area contributed by atoms with Gasteiger partial charge in [0.05, 0.1) is 18.5 Å². The minimum absolute atomic E-state index is 0.126. The van der Waals surface area contributed by atoms with Crippen LogP contribution in [0.1, 0.15) is 40.0 Å². The summed E-state index contributed by atoms with van der Waals surface area (Å²) in [5.41, 5.74) is 0.402. The third-order valence-electron chi connectivity index (χ3n) is 3.91. The lowest BCUT2D eigenvalue weighted by atomic mass is 9.83. The molecule has 0 radical (unpaired) electrons. The fraction of sp³-hybridized carbons (Fsp3) is 0.714. The predicted octanol–water partition coefficient (Wildman–Crippen LogP) is 2.63. The van der Waals surface area contributed by atoms with Crippen LogP contribution in [0.15, 0.2) is 15.5 Å². The summed E-state index contributed by atoms with van der Waals surface area (Å²) in [5.74, 6) is 0. The molecule has 20 heavy (non-hydrogen) atoms. The van der Waals surface area contributed by atoms with Crippen LogP contribution >= 0.6 is 15.9 Å². The molecule has 0 saturated heterocycles. The van der Waals surface area contributed by atoms with E-state index < -0.39 is 0 Å². The lowest BCUT2D eigenvalue weighted by Crippen LogP contribution is -2.33. The standard InChI is InChI=1S/C14H24BrN3O2/c1-4-7-18-13(20)12(15)11(8-17-18)16-9-14(5-2,6-3)10-19/h8,16,19H,4-7,9-10H2,1-3H3. The summed E-state index contributed by atoms with van der Waals surface area (Å²) >= 11 is 3.34. The van der Waals surface area contributed by atoms with E-state index in [1.54, 1.807) is 6.20 Å². The number of nitrogens with one attached hydrogen (secondary N) is 1. The van der Waals surface area contributed by atoms with Crippen molar-refractivity contribution in [3.05, 3.63) is 21.0 Å². The summed E-state index contributed by atoms with van der Waals surface area (Å²) in [4.78, 5) is 12.1. The van der Waals surface area contributed by atoms with Gasteiger partial charge in [0, 0.05) is 18.5 Å². The number of halogens is 1. The van der Waals surface area contributed by atoms with Crippen molar-refractivity contribution in [1.29, 1.82) is 0 Å². The number of aromatic nitrogens is 2. The highest BCUT2D eigenvalue weighted by molar-refractivity contribution is 9.10. The van der Waals surface area contributed by atoms with Crippen molar-refractivity contribution >= 4 is 21.6 Å². The summed E-state index contributed by atoms with van der Waals surface area (Å²) in [7, 11) is 0. The number of rotatable bonds is 8. The van der Waals surface area contributed by atoms with Crippen LogP contribution in [0.2, 0.25) is 0 Å². The molecule has 0 aliphatic carbocycles. The number of aliphatic hydroxyl groups excluding tert-OH is 1. The van der Waals surface area contributed by atoms with E-state index in [9.17, 15) is 9.90 Å². The maximum Gasteiger partial charge on any atom is 0.283 e. The summed E-state index contributed by atoms with van der Waals surface area (Å²) in [6.07, 6.45) is 4.29. The Kier molecular flexibility index (Phi) is 6.68. The van der Waals surface area contributed by atoms with Gasteiger partial charge in [0.15, 0.2) is 0 Å². The van der Waals surface area contributed by atoms with Crippen LogP contribution in [0.25, 0.3) is 0 Å². The highest BCUT2D eigenvalue weighted by Crippen LogP contribution is 2.27. The Morgan fingerprint density at radius 3 is 2.55 bits per heavy atom. The normalized spacial score (nSPS) is 11.7. The van der Waals surface area contributed by atoms with Crippen molar-refractivity contribution in [2.24, 2.45) is 5.41 Å². The molecule has 0 aromatic carbocycles. The molecule has 6 heteroatoms. The first-order valence-electron chi connectivity index (χ1n) is 7.14. The van der Waals surface area contributed by atoms with E-state index in [0.717, 1.165) is 19.3 Å². The fourth-order valence-corrected chi connectivity index (χ4v) is 2.47. The first kappa shape index (κ1) is 17.2. The Morgan fingerprint density at radius 2 is 2.05 bits per heavy atom. The number of hydrogen-bond donors (Lipinski definition) is 2. The number of aliphatic hydroxyl groups is 1. The zero-order valence-corrected chi connectivity index (χ0v) is 14.0. The molecule has 0 spiro atoms. The average molecular weight is 346 g/mol. The van der Waals surface area contributed by atoms with Crippen molar-refractivity contribution in [1.82, 2.24) is 9.78 Å². The summed E-state index contributed by atoms with van der Waals surface area (Å²) in [6, 6.07) is 0. The van der Waals surface area contributed by atoms with Crippen molar-refractivity contribution in [3.63, 3.8) is 0 Å². The third kappa shape index (κ3) is 3.82. The van der Waals surface area contributed by atoms with E-state index in [2.05, 4.69) is 40.2 Å². The van der Waals surface area contributed by atoms with Gasteiger partial charge in [-0.05, 0) is 35.2 Å². The molecule has 1 heterocycles. The summed E-state index contributed by atoms with van der Waals surface area (Å²) in [6.45, 7) is 7.50. The first-order chi connectivity index (χ1) is 9.53. The Labute approximate surface area is 128 Å². The second kappa shape index (κ2) is 7.78. The average Bonchev–Trinajstić information content (AvgIpc) is 2.48. The van der Waals surface area contributed by atoms with E-state index in [1.165, 1.54) is 4.68 Å². The van der Waals surface area contributed by atoms with Gasteiger partial charge >= 0.3 is 0 Å². The fourth-order valence-electron chi connectivity index (χ4n) is 2.02. The molecule has 1 rings (SSSR count). The number of nitrogens with zero attached hydrogens (tertiary/aromatic N) is 2. The molecule has 0 unspecified atom stereocenters. The smallest absolute Gasteiger partial charge is 0.283 e. The zero-order chi connectivity index (χ0) is 15.2. The van der Waals surface area contributed by atoms with Crippen molar-refractivity contribution in [2.45, 2.75) is 46.6 Å². The molecule has 1 aromatic heterocycles. The Bertz CT molecular complexity index is 476. The molecule has 114 valence electrons. The van der Waals surface area contributed by atoms with E-state index in [4.69, 9.17) is 0 Å². The van der Waals surface area contributed by atoms with Gasteiger partial charge in [-0.1, -0.05) is 20.8 Å². The molecule has 5 nitrogen and oxygen atoms in total. The zero-order valence-electron chi connectivity index (χ0n) is 12.4. The van der Waals surface area contributed by atoms with E-state index in [1.807, 2.05) is 6.92 Å². The molecule has 0 aliphatic rings. The number of aryl methyl sites for hydroxylation is 1. The SMILES string of the molecule is CCCn1ncc(NCC(CC)(CC)CO)c(Br)c1=O. The molecule has 1 aromatic rings. The van der Waals surface area contributed by atoms with Gasteiger partial charge in [0.25, 0.3) is 5.56 Å². The monoisotopic (exact) mass is 345 g/mol. The van der Waals surface area contributed by atoms with Gasteiger partial charge < -0.3 is 10.4 Å². The van der Waals surface area contributed by atoms with Gasteiger partial charge in [-0.3, -0.25) is 4.79 Å². The van der Waals surface area contributed by atoms with Gasteiger partial charge in [-0.15, -0.1) is 0 Å². The highest BCUT2D eigenvalue weighted by Gasteiger charge is 2.25. The minimum atomic E-state index is -0.155. The van der Waals surface area contributed by atoms with E-state index in [0.29, 0.717) is 23.2 Å². The second-order valence-corrected chi connectivity index (χ2v) is 5.91. The topological polar surface area (TPSA) is 67.2 Å². The first-order valence-corrected chi connectivity index (χ1v) is 7.93. The Balaban J connectivity index is 2.89. The molecule has 2 N–H and O–H groups in total. The summed E-state index contributed by atoms with van der Waals surface area (Å²) in [5, 5.41) is 16.9. The molecule has 0 bridgehead atoms. The lowest BCUT2D eigenvalue weighted by Gasteiger charge is -2.30. The molecular formula is C14H24BrN3O2. The maximum absolute atomic E-state index is 12.1. The van der Waals surface area contributed by atoms with Crippen molar-refractivity contribution in [2.75, 3.05) is 18.5 Å². The van der Waals surface area contributed by atoms with Gasteiger partial charge in [-0.25, -0.2) is 4.68 Å². The molecule has 0 fully saturated rings. The lowest BCUT2D eigenvalue weighted by molar-refractivity contribution is 0.127. The molecule has 0 saturated carbocycles. The molecular weight excluding hydrogens is 322 g/mol. The Hall–Kier alpha value is -0.880. The van der Waals surface area contributed by atoms with Crippen LogP contribution in [-0.2, 0) is 6.54 Å². The van der Waals surface area contributed by atoms with Gasteiger partial charge in [-0.2, -0.15) is 5.10 Å². The van der Waals surface area contributed by atoms with Gasteiger partial charge in [0.2, 0.25) is 0 Å². The second-order valence-electron chi connectivity index (χ2n) is 5.12. The molecule has 0 amide bonds. The van der Waals surface area contributed by atoms with E-state index in [-0.39, 0.29) is 17.6 Å². The predicted molar refractivity (Wildman–Crippen MR) is 85.1 cm³/mol. The minimum Gasteiger partial charge on any atom is -0.396 e. The van der Waals surface area contributed by atoms with Crippen molar-refractivity contribution in [3.8, 4) is 0 Å². The van der Waals surface area contributed by atoms with Gasteiger partial charge in [0.1, 0.15) is 4.47 Å². The van der Waals surface area contributed by atoms with Crippen LogP contribution in [0.5, 0.6) is 0 Å². The summed E-state index contributed by atoms with van der Waals surface area (Å²) < 4.78 is 1.95. The largest absolute Gasteiger partial charge is 0.396 e. The molecule has 0 aliphatic heterocycles. The highest BCUT2D eigenvalue weighted by atomic mass is 79.9. The van der Waals surface area contributed by atoms with Crippen LogP contribution < -0.4 is 10.9 Å². The Morgan fingerprint density at radius 1 is 1.40 bits per heavy atom.